The van der Waals surface area contributed by atoms with Crippen molar-refractivity contribution in [1.29, 1.82) is 0 Å². The molecule has 0 atom stereocenters. The molecular weight excluding hydrogens is 286 g/mol. The van der Waals surface area contributed by atoms with Gasteiger partial charge in [0.2, 0.25) is 0 Å². The van der Waals surface area contributed by atoms with E-state index in [0.717, 1.165) is 43.6 Å². The van der Waals surface area contributed by atoms with E-state index in [4.69, 9.17) is 0 Å². The lowest BCUT2D eigenvalue weighted by Gasteiger charge is -2.22. The van der Waals surface area contributed by atoms with Gasteiger partial charge >= 0.3 is 5.69 Å². The summed E-state index contributed by atoms with van der Waals surface area (Å²) in [6, 6.07) is 1.95. The Hall–Kier alpha value is -1.40. The second kappa shape index (κ2) is 6.15. The van der Waals surface area contributed by atoms with Gasteiger partial charge in [0.15, 0.2) is 0 Å². The number of hydrogen-bond acceptors (Lipinski definition) is 4. The molecule has 0 spiro atoms. The molecule has 5 nitrogen and oxygen atoms in total. The molecular formula is C15H21N3O2S. The van der Waals surface area contributed by atoms with Crippen LogP contribution in [0.3, 0.4) is 0 Å². The fourth-order valence-electron chi connectivity index (χ4n) is 2.95. The monoisotopic (exact) mass is 307 g/mol. The number of nitrogens with zero attached hydrogens (tertiary/aromatic N) is 1. The minimum absolute atomic E-state index is 0.133. The summed E-state index contributed by atoms with van der Waals surface area (Å²) in [6.45, 7) is 4.59. The van der Waals surface area contributed by atoms with Gasteiger partial charge in [-0.05, 0) is 44.3 Å². The van der Waals surface area contributed by atoms with E-state index >= 15 is 0 Å². The van der Waals surface area contributed by atoms with Gasteiger partial charge in [-0.25, -0.2) is 4.79 Å². The van der Waals surface area contributed by atoms with Gasteiger partial charge in [0.1, 0.15) is 4.83 Å². The molecule has 1 fully saturated rings. The SMILES string of the molecule is CCCc1cc2c(=O)n(CC3CCNCC3)c(=O)[nH]c2s1. The van der Waals surface area contributed by atoms with Crippen molar-refractivity contribution in [3.8, 4) is 0 Å². The third-order valence-corrected chi connectivity index (χ3v) is 5.23. The zero-order valence-electron chi connectivity index (χ0n) is 12.3. The molecule has 0 amide bonds. The molecule has 1 saturated heterocycles. The van der Waals surface area contributed by atoms with Gasteiger partial charge in [-0.15, -0.1) is 11.3 Å². The van der Waals surface area contributed by atoms with Crippen molar-refractivity contribution in [2.24, 2.45) is 5.92 Å². The second-order valence-corrected chi connectivity index (χ2v) is 6.88. The molecule has 3 heterocycles. The number of thiophene rings is 1. The van der Waals surface area contributed by atoms with E-state index < -0.39 is 0 Å². The summed E-state index contributed by atoms with van der Waals surface area (Å²) >= 11 is 1.53. The largest absolute Gasteiger partial charge is 0.329 e. The van der Waals surface area contributed by atoms with E-state index in [-0.39, 0.29) is 11.2 Å². The number of fused-ring (bicyclic) bond motifs is 1. The van der Waals surface area contributed by atoms with E-state index in [0.29, 0.717) is 17.8 Å². The van der Waals surface area contributed by atoms with Gasteiger partial charge in [0.05, 0.1) is 5.39 Å². The standard InChI is InChI=1S/C15H21N3O2S/c1-2-3-11-8-12-13(21-11)17-15(20)18(14(12)19)9-10-4-6-16-7-5-10/h8,10,16H,2-7,9H2,1H3,(H,17,20). The van der Waals surface area contributed by atoms with E-state index in [9.17, 15) is 9.59 Å². The summed E-state index contributed by atoms with van der Waals surface area (Å²) in [4.78, 5) is 29.5. The van der Waals surface area contributed by atoms with Gasteiger partial charge in [-0.1, -0.05) is 13.3 Å². The molecule has 3 rings (SSSR count). The van der Waals surface area contributed by atoms with Crippen molar-refractivity contribution in [2.75, 3.05) is 13.1 Å². The molecule has 0 saturated carbocycles. The van der Waals surface area contributed by atoms with Crippen molar-refractivity contribution in [1.82, 2.24) is 14.9 Å². The molecule has 2 N–H and O–H groups in total. The maximum atomic E-state index is 12.6. The Morgan fingerprint density at radius 3 is 2.81 bits per heavy atom. The summed E-state index contributed by atoms with van der Waals surface area (Å²) in [7, 11) is 0. The molecule has 1 aliphatic rings. The number of rotatable bonds is 4. The molecule has 1 aliphatic heterocycles. The quantitative estimate of drug-likeness (QED) is 0.903. The summed E-state index contributed by atoms with van der Waals surface area (Å²) in [6.07, 6.45) is 4.04. The third kappa shape index (κ3) is 2.96. The molecule has 114 valence electrons. The van der Waals surface area contributed by atoms with Crippen LogP contribution in [0, 0.1) is 5.92 Å². The molecule has 6 heteroatoms. The number of H-pyrrole nitrogens is 1. The first kappa shape index (κ1) is 14.5. The molecule has 0 bridgehead atoms. The van der Waals surface area contributed by atoms with Crippen molar-refractivity contribution in [3.63, 3.8) is 0 Å². The number of nitrogens with one attached hydrogen (secondary N) is 2. The first-order chi connectivity index (χ1) is 10.2. The normalized spacial score (nSPS) is 16.6. The Bertz CT molecular complexity index is 737. The average molecular weight is 307 g/mol. The maximum absolute atomic E-state index is 12.6. The summed E-state index contributed by atoms with van der Waals surface area (Å²) < 4.78 is 1.39. The smallest absolute Gasteiger partial charge is 0.317 e. The van der Waals surface area contributed by atoms with Gasteiger partial charge in [-0.2, -0.15) is 0 Å². The van der Waals surface area contributed by atoms with Crippen LogP contribution in [-0.4, -0.2) is 22.6 Å². The average Bonchev–Trinajstić information content (AvgIpc) is 2.88. The molecule has 0 aromatic carbocycles. The highest BCUT2D eigenvalue weighted by Gasteiger charge is 2.17. The van der Waals surface area contributed by atoms with E-state index in [1.165, 1.54) is 20.8 Å². The zero-order chi connectivity index (χ0) is 14.8. The molecule has 21 heavy (non-hydrogen) atoms. The summed E-state index contributed by atoms with van der Waals surface area (Å²) in [5.41, 5.74) is -0.401. The Balaban J connectivity index is 1.98. The number of hydrogen-bond donors (Lipinski definition) is 2. The highest BCUT2D eigenvalue weighted by molar-refractivity contribution is 7.18. The van der Waals surface area contributed by atoms with Crippen molar-refractivity contribution in [3.05, 3.63) is 31.8 Å². The van der Waals surface area contributed by atoms with Crippen LogP contribution in [0.15, 0.2) is 15.7 Å². The second-order valence-electron chi connectivity index (χ2n) is 5.74. The molecule has 0 unspecified atom stereocenters. The molecule has 0 radical (unpaired) electrons. The van der Waals surface area contributed by atoms with Gasteiger partial charge < -0.3 is 5.32 Å². The lowest BCUT2D eigenvalue weighted by atomic mass is 9.98. The van der Waals surface area contributed by atoms with Crippen molar-refractivity contribution >= 4 is 21.6 Å². The van der Waals surface area contributed by atoms with E-state index in [2.05, 4.69) is 17.2 Å². The molecule has 2 aromatic heterocycles. The third-order valence-electron chi connectivity index (χ3n) is 4.12. The van der Waals surface area contributed by atoms with Gasteiger partial charge in [0.25, 0.3) is 5.56 Å². The first-order valence-corrected chi connectivity index (χ1v) is 8.47. The van der Waals surface area contributed by atoms with Crippen molar-refractivity contribution < 1.29 is 0 Å². The lowest BCUT2D eigenvalue weighted by molar-refractivity contribution is 0.326. The van der Waals surface area contributed by atoms with E-state index in [1.54, 1.807) is 0 Å². The highest BCUT2D eigenvalue weighted by atomic mass is 32.1. The maximum Gasteiger partial charge on any atom is 0.329 e. The fourth-order valence-corrected chi connectivity index (χ4v) is 4.09. The number of aromatic amines is 1. The van der Waals surface area contributed by atoms with Gasteiger partial charge in [-0.3, -0.25) is 14.3 Å². The van der Waals surface area contributed by atoms with Crippen LogP contribution in [0.1, 0.15) is 31.1 Å². The predicted octanol–water partition coefficient (Wildman–Crippen LogP) is 1.70. The predicted molar refractivity (Wildman–Crippen MR) is 86.3 cm³/mol. The number of aryl methyl sites for hydroxylation is 1. The van der Waals surface area contributed by atoms with Gasteiger partial charge in [0, 0.05) is 11.4 Å². The zero-order valence-corrected chi connectivity index (χ0v) is 13.1. The molecule has 0 aliphatic carbocycles. The van der Waals surface area contributed by atoms with Crippen LogP contribution in [0.4, 0.5) is 0 Å². The van der Waals surface area contributed by atoms with Crippen LogP contribution in [0.2, 0.25) is 0 Å². The Kier molecular flexibility index (Phi) is 4.26. The van der Waals surface area contributed by atoms with Crippen LogP contribution in [-0.2, 0) is 13.0 Å². The van der Waals surface area contributed by atoms with Crippen molar-refractivity contribution in [2.45, 2.75) is 39.2 Å². The van der Waals surface area contributed by atoms with Crippen LogP contribution >= 0.6 is 11.3 Å². The number of piperidine rings is 1. The first-order valence-electron chi connectivity index (χ1n) is 7.65. The Morgan fingerprint density at radius 2 is 2.10 bits per heavy atom. The highest BCUT2D eigenvalue weighted by Crippen LogP contribution is 2.21. The topological polar surface area (TPSA) is 66.9 Å². The Labute approximate surface area is 127 Å². The van der Waals surface area contributed by atoms with Crippen LogP contribution in [0.5, 0.6) is 0 Å². The lowest BCUT2D eigenvalue weighted by Crippen LogP contribution is -2.39. The van der Waals surface area contributed by atoms with E-state index in [1.807, 2.05) is 6.07 Å². The van der Waals surface area contributed by atoms with Crippen LogP contribution < -0.4 is 16.6 Å². The Morgan fingerprint density at radius 1 is 1.33 bits per heavy atom. The summed E-state index contributed by atoms with van der Waals surface area (Å²) in [5.74, 6) is 0.413. The minimum Gasteiger partial charge on any atom is -0.317 e. The number of aromatic nitrogens is 2. The molecule has 2 aromatic rings. The summed E-state index contributed by atoms with van der Waals surface area (Å²) in [5, 5.41) is 3.97. The fraction of sp³-hybridized carbons (Fsp3) is 0.600. The van der Waals surface area contributed by atoms with Crippen LogP contribution in [0.25, 0.3) is 10.2 Å². The minimum atomic E-state index is -0.268.